The van der Waals surface area contributed by atoms with Crippen LogP contribution in [-0.4, -0.2) is 29.8 Å². The number of nitrogens with one attached hydrogen (secondary N) is 1. The van der Waals surface area contributed by atoms with E-state index in [1.165, 1.54) is 18.3 Å². The fourth-order valence-corrected chi connectivity index (χ4v) is 3.50. The minimum Gasteiger partial charge on any atom is -0.494 e. The van der Waals surface area contributed by atoms with Crippen LogP contribution in [0, 0.1) is 0 Å². The van der Waals surface area contributed by atoms with Crippen LogP contribution in [0.3, 0.4) is 0 Å². The Labute approximate surface area is 146 Å². The van der Waals surface area contributed by atoms with Gasteiger partial charge in [0.2, 0.25) is 0 Å². The third-order valence-corrected chi connectivity index (χ3v) is 5.02. The molecule has 1 aromatic carbocycles. The number of aromatic nitrogens is 3. The number of sulfonamides is 1. The molecule has 0 aliphatic carbocycles. The van der Waals surface area contributed by atoms with Crippen molar-refractivity contribution in [1.82, 2.24) is 14.8 Å². The fraction of sp³-hybridized carbons (Fsp3) is 0.294. The van der Waals surface area contributed by atoms with E-state index in [4.69, 9.17) is 4.74 Å². The van der Waals surface area contributed by atoms with Gasteiger partial charge in [-0.1, -0.05) is 0 Å². The zero-order valence-corrected chi connectivity index (χ0v) is 15.1. The summed E-state index contributed by atoms with van der Waals surface area (Å²) in [6.07, 6.45) is 3.17. The van der Waals surface area contributed by atoms with E-state index in [2.05, 4.69) is 14.8 Å². The number of ether oxygens (including phenoxy) is 1. The van der Waals surface area contributed by atoms with E-state index < -0.39 is 10.0 Å². The molecule has 0 spiro atoms. The van der Waals surface area contributed by atoms with Crippen molar-refractivity contribution in [3.63, 3.8) is 0 Å². The van der Waals surface area contributed by atoms with Gasteiger partial charge in [-0.05, 0) is 51.1 Å². The van der Waals surface area contributed by atoms with Gasteiger partial charge in [0.15, 0.2) is 5.65 Å². The second-order valence-electron chi connectivity index (χ2n) is 5.83. The molecule has 8 heteroatoms. The number of anilines is 1. The van der Waals surface area contributed by atoms with Crippen molar-refractivity contribution < 1.29 is 13.2 Å². The molecule has 2 aromatic heterocycles. The Morgan fingerprint density at radius 3 is 2.56 bits per heavy atom. The largest absolute Gasteiger partial charge is 0.494 e. The Balaban J connectivity index is 1.86. The molecule has 0 atom stereocenters. The van der Waals surface area contributed by atoms with Crippen LogP contribution in [0.25, 0.3) is 11.0 Å². The van der Waals surface area contributed by atoms with Gasteiger partial charge >= 0.3 is 0 Å². The minimum absolute atomic E-state index is 0.161. The number of nitrogens with zero attached hydrogens (tertiary/aromatic N) is 3. The van der Waals surface area contributed by atoms with Crippen LogP contribution < -0.4 is 9.46 Å². The highest BCUT2D eigenvalue weighted by Gasteiger charge is 2.16. The molecule has 3 aromatic rings. The summed E-state index contributed by atoms with van der Waals surface area (Å²) in [7, 11) is -3.70. The highest BCUT2D eigenvalue weighted by Crippen LogP contribution is 2.22. The summed E-state index contributed by atoms with van der Waals surface area (Å²) in [5, 5.41) is 5.06. The Hall–Kier alpha value is -2.61. The van der Waals surface area contributed by atoms with Crippen LogP contribution in [0.4, 0.5) is 5.69 Å². The smallest absolute Gasteiger partial charge is 0.261 e. The van der Waals surface area contributed by atoms with Crippen molar-refractivity contribution in [2.75, 3.05) is 11.3 Å². The summed E-state index contributed by atoms with van der Waals surface area (Å²) in [6.45, 7) is 6.42. The van der Waals surface area contributed by atoms with Crippen molar-refractivity contribution in [1.29, 1.82) is 0 Å². The molecule has 0 saturated carbocycles. The number of rotatable bonds is 6. The Morgan fingerprint density at radius 1 is 1.20 bits per heavy atom. The van der Waals surface area contributed by atoms with Crippen molar-refractivity contribution >= 4 is 26.7 Å². The van der Waals surface area contributed by atoms with Crippen molar-refractivity contribution in [3.8, 4) is 5.75 Å². The number of pyridine rings is 1. The average molecular weight is 360 g/mol. The molecule has 0 amide bonds. The van der Waals surface area contributed by atoms with Gasteiger partial charge < -0.3 is 4.74 Å². The van der Waals surface area contributed by atoms with E-state index in [0.29, 0.717) is 18.0 Å². The lowest BCUT2D eigenvalue weighted by atomic mass is 10.3. The summed E-state index contributed by atoms with van der Waals surface area (Å²) < 4.78 is 34.7. The van der Waals surface area contributed by atoms with Gasteiger partial charge in [0.1, 0.15) is 5.75 Å². The maximum Gasteiger partial charge on any atom is 0.261 e. The molecule has 3 rings (SSSR count). The van der Waals surface area contributed by atoms with E-state index in [1.54, 1.807) is 29.1 Å². The third-order valence-electron chi connectivity index (χ3n) is 3.62. The van der Waals surface area contributed by atoms with Gasteiger partial charge in [-0.25, -0.2) is 18.1 Å². The molecule has 0 aliphatic heterocycles. The molecule has 7 nitrogen and oxygen atoms in total. The lowest BCUT2D eigenvalue weighted by Crippen LogP contribution is -2.13. The van der Waals surface area contributed by atoms with E-state index in [-0.39, 0.29) is 10.9 Å². The molecule has 0 bridgehead atoms. The Morgan fingerprint density at radius 2 is 1.92 bits per heavy atom. The summed E-state index contributed by atoms with van der Waals surface area (Å²) in [6, 6.07) is 8.18. The zero-order valence-electron chi connectivity index (χ0n) is 14.3. The van der Waals surface area contributed by atoms with E-state index >= 15 is 0 Å². The first-order valence-electron chi connectivity index (χ1n) is 7.99. The van der Waals surface area contributed by atoms with Crippen LogP contribution in [0.2, 0.25) is 0 Å². The SMILES string of the molecule is CCOc1ccc(S(=O)(=O)Nc2cnc3c(cnn3C(C)C)c2)cc1. The van der Waals surface area contributed by atoms with Crippen LogP contribution in [0.5, 0.6) is 5.75 Å². The van der Waals surface area contributed by atoms with Crippen LogP contribution in [-0.2, 0) is 10.0 Å². The first-order chi connectivity index (χ1) is 11.9. The standard InChI is InChI=1S/C17H20N4O3S/c1-4-24-15-5-7-16(8-6-15)25(22,23)20-14-9-13-10-19-21(12(2)3)17(13)18-11-14/h5-12,20H,4H2,1-3H3. The Kier molecular flexibility index (Phi) is 4.63. The van der Waals surface area contributed by atoms with Crippen LogP contribution in [0.15, 0.2) is 47.6 Å². The third kappa shape index (κ3) is 3.58. The molecule has 132 valence electrons. The number of fused-ring (bicyclic) bond motifs is 1. The van der Waals surface area contributed by atoms with Gasteiger partial charge in [0.05, 0.1) is 29.6 Å². The normalized spacial score (nSPS) is 11.8. The molecular weight excluding hydrogens is 340 g/mol. The van der Waals surface area contributed by atoms with Crippen molar-refractivity contribution in [2.24, 2.45) is 0 Å². The van der Waals surface area contributed by atoms with E-state index in [9.17, 15) is 8.42 Å². The van der Waals surface area contributed by atoms with E-state index in [0.717, 1.165) is 11.0 Å². The highest BCUT2D eigenvalue weighted by molar-refractivity contribution is 7.92. The quantitative estimate of drug-likeness (QED) is 0.729. The highest BCUT2D eigenvalue weighted by atomic mass is 32.2. The van der Waals surface area contributed by atoms with Gasteiger partial charge in [-0.3, -0.25) is 4.72 Å². The average Bonchev–Trinajstić information content (AvgIpc) is 2.98. The second kappa shape index (κ2) is 6.72. The summed E-state index contributed by atoms with van der Waals surface area (Å²) >= 11 is 0. The lowest BCUT2D eigenvalue weighted by molar-refractivity contribution is 0.340. The van der Waals surface area contributed by atoms with Gasteiger partial charge in [0.25, 0.3) is 10.0 Å². The number of hydrogen-bond acceptors (Lipinski definition) is 5. The molecule has 0 aliphatic rings. The molecule has 0 saturated heterocycles. The molecule has 25 heavy (non-hydrogen) atoms. The fourth-order valence-electron chi connectivity index (χ4n) is 2.47. The van der Waals surface area contributed by atoms with Crippen molar-refractivity contribution in [2.45, 2.75) is 31.7 Å². The van der Waals surface area contributed by atoms with Gasteiger partial charge in [-0.15, -0.1) is 0 Å². The topological polar surface area (TPSA) is 86.1 Å². The first kappa shape index (κ1) is 17.2. The van der Waals surface area contributed by atoms with Crippen LogP contribution >= 0.6 is 0 Å². The molecule has 0 radical (unpaired) electrons. The molecule has 1 N–H and O–H groups in total. The maximum atomic E-state index is 12.5. The van der Waals surface area contributed by atoms with Gasteiger partial charge in [0, 0.05) is 11.4 Å². The molecule has 0 fully saturated rings. The van der Waals surface area contributed by atoms with Gasteiger partial charge in [-0.2, -0.15) is 5.10 Å². The number of benzene rings is 1. The molecular formula is C17H20N4O3S. The maximum absolute atomic E-state index is 12.5. The van der Waals surface area contributed by atoms with E-state index in [1.807, 2.05) is 20.8 Å². The first-order valence-corrected chi connectivity index (χ1v) is 9.48. The summed E-state index contributed by atoms with van der Waals surface area (Å²) in [4.78, 5) is 4.49. The molecule has 0 unspecified atom stereocenters. The predicted molar refractivity (Wildman–Crippen MR) is 96.3 cm³/mol. The predicted octanol–water partition coefficient (Wildman–Crippen LogP) is 3.21. The second-order valence-corrected chi connectivity index (χ2v) is 7.51. The summed E-state index contributed by atoms with van der Waals surface area (Å²) in [5.74, 6) is 0.630. The monoisotopic (exact) mass is 360 g/mol. The zero-order chi connectivity index (χ0) is 18.0. The number of hydrogen-bond donors (Lipinski definition) is 1. The summed E-state index contributed by atoms with van der Waals surface area (Å²) in [5.41, 5.74) is 1.11. The van der Waals surface area contributed by atoms with Crippen LogP contribution in [0.1, 0.15) is 26.8 Å². The Bertz CT molecular complexity index is 979. The minimum atomic E-state index is -3.70. The van der Waals surface area contributed by atoms with Crippen molar-refractivity contribution in [3.05, 3.63) is 42.7 Å². The molecule has 2 heterocycles. The lowest BCUT2D eigenvalue weighted by Gasteiger charge is -2.10.